The van der Waals surface area contributed by atoms with Gasteiger partial charge in [0.15, 0.2) is 0 Å². The Morgan fingerprint density at radius 1 is 1.08 bits per heavy atom. The van der Waals surface area contributed by atoms with Crippen molar-refractivity contribution >= 4 is 29.4 Å². The molecule has 2 aromatic rings. The Bertz CT molecular complexity index is 803. The average Bonchev–Trinajstić information content (AvgIpc) is 2.89. The molecule has 0 bridgehead atoms. The molecular weight excluding hydrogens is 320 g/mol. The predicted molar refractivity (Wildman–Crippen MR) is 99.2 cm³/mol. The zero-order valence-electron chi connectivity index (χ0n) is 13.7. The lowest BCUT2D eigenvalue weighted by Crippen LogP contribution is -2.25. The van der Waals surface area contributed by atoms with Crippen molar-refractivity contribution in [1.82, 2.24) is 5.32 Å². The average molecular weight is 339 g/mol. The van der Waals surface area contributed by atoms with Gasteiger partial charge in [-0.15, -0.1) is 0 Å². The van der Waals surface area contributed by atoms with Gasteiger partial charge in [0.25, 0.3) is 5.91 Å². The minimum Gasteiger partial charge on any atom is -0.308 e. The second kappa shape index (κ2) is 7.02. The highest BCUT2D eigenvalue weighted by Crippen LogP contribution is 2.18. The number of benzene rings is 2. The monoisotopic (exact) mass is 338 g/mol. The van der Waals surface area contributed by atoms with Crippen molar-refractivity contribution < 1.29 is 4.79 Å². The zero-order chi connectivity index (χ0) is 17.1. The number of hydrogen-bond donors (Lipinski definition) is 1. The fraction of sp³-hybridized carbons (Fsp3) is 0.200. The summed E-state index contributed by atoms with van der Waals surface area (Å²) < 4.78 is 0. The van der Waals surface area contributed by atoms with Crippen LogP contribution in [0.25, 0.3) is 6.08 Å². The smallest absolute Gasteiger partial charge is 0.275 e. The first-order valence-corrected chi connectivity index (χ1v) is 8.34. The van der Waals surface area contributed by atoms with Gasteiger partial charge in [-0.3, -0.25) is 4.79 Å². The molecule has 0 fully saturated rings. The molecule has 24 heavy (non-hydrogen) atoms. The van der Waals surface area contributed by atoms with E-state index in [0.717, 1.165) is 11.1 Å². The Labute approximate surface area is 147 Å². The van der Waals surface area contributed by atoms with Gasteiger partial charge in [-0.25, -0.2) is 4.99 Å². The van der Waals surface area contributed by atoms with E-state index >= 15 is 0 Å². The minimum absolute atomic E-state index is 0.160. The van der Waals surface area contributed by atoms with E-state index in [1.165, 1.54) is 5.56 Å². The summed E-state index contributed by atoms with van der Waals surface area (Å²) in [6, 6.07) is 15.7. The fourth-order valence-corrected chi connectivity index (χ4v) is 2.66. The number of nitrogens with zero attached hydrogens (tertiary/aromatic N) is 1. The van der Waals surface area contributed by atoms with Crippen LogP contribution in [0.15, 0.2) is 59.2 Å². The molecule has 0 atom stereocenters. The first kappa shape index (κ1) is 16.5. The van der Waals surface area contributed by atoms with Gasteiger partial charge in [-0.2, -0.15) is 0 Å². The van der Waals surface area contributed by atoms with E-state index in [1.807, 2.05) is 42.5 Å². The number of aliphatic imine (C=N–C) groups is 1. The highest BCUT2D eigenvalue weighted by atomic mass is 35.5. The molecule has 2 aromatic carbocycles. The van der Waals surface area contributed by atoms with Crippen molar-refractivity contribution in [3.8, 4) is 0 Å². The second-order valence-corrected chi connectivity index (χ2v) is 6.60. The lowest BCUT2D eigenvalue weighted by molar-refractivity contribution is -0.115. The van der Waals surface area contributed by atoms with Crippen LogP contribution in [-0.2, 0) is 11.2 Å². The van der Waals surface area contributed by atoms with Gasteiger partial charge in [-0.05, 0) is 40.8 Å². The summed E-state index contributed by atoms with van der Waals surface area (Å²) in [5, 5.41) is 3.52. The van der Waals surface area contributed by atoms with E-state index in [1.54, 1.807) is 0 Å². The third kappa shape index (κ3) is 3.92. The molecule has 0 aliphatic carbocycles. The summed E-state index contributed by atoms with van der Waals surface area (Å²) in [5.41, 5.74) is 3.75. The summed E-state index contributed by atoms with van der Waals surface area (Å²) >= 11 is 5.89. The number of carbonyl (C=O) groups is 1. The van der Waals surface area contributed by atoms with Gasteiger partial charge in [0.1, 0.15) is 11.5 Å². The van der Waals surface area contributed by atoms with Gasteiger partial charge >= 0.3 is 0 Å². The molecular formula is C20H19ClN2O. The first-order valence-electron chi connectivity index (χ1n) is 7.96. The molecule has 0 spiro atoms. The Kier molecular flexibility index (Phi) is 4.81. The van der Waals surface area contributed by atoms with E-state index in [9.17, 15) is 4.79 Å². The molecule has 0 unspecified atom stereocenters. The van der Waals surface area contributed by atoms with Crippen molar-refractivity contribution in [2.75, 3.05) is 0 Å². The van der Waals surface area contributed by atoms with Crippen LogP contribution in [0.4, 0.5) is 0 Å². The summed E-state index contributed by atoms with van der Waals surface area (Å²) in [6.07, 6.45) is 2.39. The van der Waals surface area contributed by atoms with Gasteiger partial charge in [0, 0.05) is 11.4 Å². The normalized spacial score (nSPS) is 15.8. The van der Waals surface area contributed by atoms with E-state index in [2.05, 4.69) is 36.3 Å². The predicted octanol–water partition coefficient (Wildman–Crippen LogP) is 4.58. The van der Waals surface area contributed by atoms with Gasteiger partial charge in [-0.1, -0.05) is 61.8 Å². The standard InChI is InChI=1S/C20H19ClN2O/c1-13(2)16-7-3-14(4-8-16)11-18-20(24)23-19(22-18)12-15-5-9-17(21)10-6-15/h3-11,13H,12H2,1-2H3,(H,22,23,24)/b18-11+. The van der Waals surface area contributed by atoms with Crippen LogP contribution >= 0.6 is 11.6 Å². The lowest BCUT2D eigenvalue weighted by atomic mass is 10.0. The number of amidine groups is 1. The topological polar surface area (TPSA) is 41.5 Å². The largest absolute Gasteiger partial charge is 0.308 e. The van der Waals surface area contributed by atoms with E-state index < -0.39 is 0 Å². The highest BCUT2D eigenvalue weighted by Gasteiger charge is 2.19. The van der Waals surface area contributed by atoms with Crippen molar-refractivity contribution in [2.24, 2.45) is 4.99 Å². The number of amides is 1. The maximum atomic E-state index is 12.1. The number of nitrogens with one attached hydrogen (secondary N) is 1. The van der Waals surface area contributed by atoms with E-state index in [4.69, 9.17) is 11.6 Å². The van der Waals surface area contributed by atoms with Crippen LogP contribution in [0.3, 0.4) is 0 Å². The summed E-state index contributed by atoms with van der Waals surface area (Å²) in [6.45, 7) is 4.32. The second-order valence-electron chi connectivity index (χ2n) is 6.17. The number of rotatable bonds is 4. The molecule has 1 heterocycles. The number of halogens is 1. The maximum Gasteiger partial charge on any atom is 0.275 e. The Hall–Kier alpha value is -2.39. The van der Waals surface area contributed by atoms with Crippen LogP contribution < -0.4 is 5.32 Å². The Morgan fingerprint density at radius 2 is 1.75 bits per heavy atom. The van der Waals surface area contributed by atoms with Gasteiger partial charge in [0.05, 0.1) is 0 Å². The number of hydrogen-bond acceptors (Lipinski definition) is 2. The summed E-state index contributed by atoms with van der Waals surface area (Å²) in [5.74, 6) is 0.991. The van der Waals surface area contributed by atoms with Crippen molar-refractivity contribution in [2.45, 2.75) is 26.2 Å². The van der Waals surface area contributed by atoms with Gasteiger partial charge in [0.2, 0.25) is 0 Å². The molecule has 3 nitrogen and oxygen atoms in total. The van der Waals surface area contributed by atoms with Crippen LogP contribution in [0.1, 0.15) is 36.5 Å². The Morgan fingerprint density at radius 3 is 2.38 bits per heavy atom. The molecule has 0 aromatic heterocycles. The molecule has 3 rings (SSSR count). The molecule has 0 saturated carbocycles. The van der Waals surface area contributed by atoms with Crippen LogP contribution in [0, 0.1) is 0 Å². The van der Waals surface area contributed by atoms with E-state index in [-0.39, 0.29) is 5.91 Å². The number of carbonyl (C=O) groups excluding carboxylic acids is 1. The summed E-state index contributed by atoms with van der Waals surface area (Å²) in [4.78, 5) is 16.5. The molecule has 1 N–H and O–H groups in total. The van der Waals surface area contributed by atoms with E-state index in [0.29, 0.717) is 28.9 Å². The molecule has 1 aliphatic rings. The SMILES string of the molecule is CC(C)c1ccc(/C=C2/N=C(Cc3ccc(Cl)cc3)NC2=O)cc1. The van der Waals surface area contributed by atoms with Crippen molar-refractivity contribution in [1.29, 1.82) is 0 Å². The highest BCUT2D eigenvalue weighted by molar-refractivity contribution is 6.30. The van der Waals surface area contributed by atoms with Crippen molar-refractivity contribution in [3.05, 3.63) is 75.9 Å². The van der Waals surface area contributed by atoms with Crippen LogP contribution in [-0.4, -0.2) is 11.7 Å². The summed E-state index contributed by atoms with van der Waals surface area (Å²) in [7, 11) is 0. The Balaban J connectivity index is 1.76. The van der Waals surface area contributed by atoms with Crippen molar-refractivity contribution in [3.63, 3.8) is 0 Å². The molecule has 122 valence electrons. The maximum absolute atomic E-state index is 12.1. The molecule has 1 aliphatic heterocycles. The third-order valence-electron chi connectivity index (χ3n) is 3.94. The van der Waals surface area contributed by atoms with Crippen LogP contribution in [0.2, 0.25) is 5.02 Å². The first-order chi connectivity index (χ1) is 11.5. The molecule has 1 amide bonds. The third-order valence-corrected chi connectivity index (χ3v) is 4.19. The fourth-order valence-electron chi connectivity index (χ4n) is 2.53. The molecule has 4 heteroatoms. The molecule has 0 saturated heterocycles. The zero-order valence-corrected chi connectivity index (χ0v) is 14.5. The van der Waals surface area contributed by atoms with Gasteiger partial charge < -0.3 is 5.32 Å². The minimum atomic E-state index is -0.160. The van der Waals surface area contributed by atoms with Crippen LogP contribution in [0.5, 0.6) is 0 Å². The molecule has 0 radical (unpaired) electrons. The quantitative estimate of drug-likeness (QED) is 0.815. The lowest BCUT2D eigenvalue weighted by Gasteiger charge is -2.04.